The fourth-order valence-corrected chi connectivity index (χ4v) is 4.76. The number of hydrogen-bond acceptors (Lipinski definition) is 6. The first-order chi connectivity index (χ1) is 21.5. The Morgan fingerprint density at radius 3 is 2.64 bits per heavy atom. The molecule has 5 aromatic rings. The maximum absolute atomic E-state index is 14.6. The van der Waals surface area contributed by atoms with Crippen molar-refractivity contribution in [1.29, 1.82) is 0 Å². The van der Waals surface area contributed by atoms with Crippen molar-refractivity contribution in [2.45, 2.75) is 19.5 Å². The molecular formula is C33H30ClF3N6O2. The molecule has 2 heterocycles. The highest BCUT2D eigenvalue weighted by Crippen LogP contribution is 2.36. The lowest BCUT2D eigenvalue weighted by Crippen LogP contribution is -2.15. The van der Waals surface area contributed by atoms with Gasteiger partial charge in [-0.2, -0.15) is 0 Å². The Balaban J connectivity index is 1.39. The molecule has 0 spiro atoms. The number of nitrogens with zero attached hydrogens (tertiary/aromatic N) is 4. The van der Waals surface area contributed by atoms with Gasteiger partial charge in [-0.3, -0.25) is 4.79 Å². The number of anilines is 3. The smallest absolute Gasteiger partial charge is 0.273 e. The fourth-order valence-electron chi connectivity index (χ4n) is 4.52. The summed E-state index contributed by atoms with van der Waals surface area (Å²) in [6, 6.07) is 16.5. The monoisotopic (exact) mass is 634 g/mol. The molecule has 45 heavy (non-hydrogen) atoms. The van der Waals surface area contributed by atoms with Gasteiger partial charge in [0.05, 0.1) is 21.8 Å². The Kier molecular flexibility index (Phi) is 9.40. The van der Waals surface area contributed by atoms with Crippen LogP contribution in [0.25, 0.3) is 16.6 Å². The predicted octanol–water partition coefficient (Wildman–Crippen LogP) is 7.70. The number of fused-ring (bicyclic) bond motifs is 1. The quantitative estimate of drug-likeness (QED) is 0.145. The number of rotatable bonds is 11. The third kappa shape index (κ3) is 8.00. The summed E-state index contributed by atoms with van der Waals surface area (Å²) in [5.41, 5.74) is 2.12. The normalized spacial score (nSPS) is 11.8. The maximum Gasteiger partial charge on any atom is 0.273 e. The van der Waals surface area contributed by atoms with E-state index in [1.807, 2.05) is 19.0 Å². The third-order valence-electron chi connectivity index (χ3n) is 6.69. The van der Waals surface area contributed by atoms with Crippen LogP contribution >= 0.6 is 11.6 Å². The highest BCUT2D eigenvalue weighted by atomic mass is 35.5. The van der Waals surface area contributed by atoms with Crippen molar-refractivity contribution in [2.24, 2.45) is 0 Å². The topological polar surface area (TPSA) is 84.3 Å². The summed E-state index contributed by atoms with van der Waals surface area (Å²) < 4.78 is 49.9. The average molecular weight is 635 g/mol. The zero-order valence-corrected chi connectivity index (χ0v) is 25.4. The number of aromatic nitrogens is 3. The highest BCUT2D eigenvalue weighted by molar-refractivity contribution is 6.32. The standard InChI is InChI=1S/C33H30ClF3N6O2/c1-33(36,37)26-17-43(18-29(26)41-31(44)8-5-13-42(2)3)24-10-11-28-25(16-24)32(39-20-38-28)40-23-9-12-30(27(34)15-23)45-19-21-6-4-7-22(35)14-21/h4-12,14-18,20H,13,19H2,1-3H3,(H,41,44)(H,38,39,40)/b8-5+. The summed E-state index contributed by atoms with van der Waals surface area (Å²) in [4.78, 5) is 23.0. The number of halogens is 4. The van der Waals surface area contributed by atoms with Crippen molar-refractivity contribution >= 4 is 45.6 Å². The molecule has 232 valence electrons. The minimum absolute atomic E-state index is 0.000824. The third-order valence-corrected chi connectivity index (χ3v) is 6.99. The van der Waals surface area contributed by atoms with Gasteiger partial charge in [0.1, 0.15) is 30.3 Å². The molecule has 0 unspecified atom stereocenters. The lowest BCUT2D eigenvalue weighted by Gasteiger charge is -2.13. The molecule has 1 amide bonds. The van der Waals surface area contributed by atoms with Crippen LogP contribution in [0.5, 0.6) is 5.75 Å². The fraction of sp³-hybridized carbons (Fsp3) is 0.182. The highest BCUT2D eigenvalue weighted by Gasteiger charge is 2.30. The number of hydrogen-bond donors (Lipinski definition) is 2. The van der Waals surface area contributed by atoms with Crippen molar-refractivity contribution in [1.82, 2.24) is 19.4 Å². The molecule has 3 aromatic carbocycles. The molecule has 0 bridgehead atoms. The Bertz CT molecular complexity index is 1870. The van der Waals surface area contributed by atoms with Crippen LogP contribution in [0.1, 0.15) is 18.1 Å². The Morgan fingerprint density at radius 2 is 1.91 bits per heavy atom. The first-order valence-electron chi connectivity index (χ1n) is 13.9. The summed E-state index contributed by atoms with van der Waals surface area (Å²) in [6.45, 7) is 1.46. The molecule has 0 fully saturated rings. The molecule has 12 heteroatoms. The number of likely N-dealkylation sites (N-methyl/N-ethyl adjacent to an activating group) is 1. The molecule has 0 aliphatic rings. The Hall–Kier alpha value is -4.87. The van der Waals surface area contributed by atoms with Crippen molar-refractivity contribution in [3.05, 3.63) is 114 Å². The van der Waals surface area contributed by atoms with E-state index in [9.17, 15) is 18.0 Å². The molecule has 0 aliphatic heterocycles. The molecule has 2 N–H and O–H groups in total. The SMILES string of the molecule is CN(C)C/C=C/C(=O)Nc1cn(-c2ccc3ncnc(Nc4ccc(OCc5cccc(F)c5)c(Cl)c4)c3c2)cc1C(C)(F)F. The number of amides is 1. The van der Waals surface area contributed by atoms with Gasteiger partial charge in [0.2, 0.25) is 5.91 Å². The van der Waals surface area contributed by atoms with E-state index in [-0.39, 0.29) is 23.7 Å². The minimum atomic E-state index is -3.21. The predicted molar refractivity (Wildman–Crippen MR) is 170 cm³/mol. The summed E-state index contributed by atoms with van der Waals surface area (Å²) in [5.74, 6) is -3.19. The molecule has 2 aromatic heterocycles. The first kappa shape index (κ1) is 31.6. The van der Waals surface area contributed by atoms with E-state index in [0.29, 0.717) is 51.0 Å². The summed E-state index contributed by atoms with van der Waals surface area (Å²) in [7, 11) is 3.71. The molecule has 5 rings (SSSR count). The van der Waals surface area contributed by atoms with Crippen molar-refractivity contribution in [3.63, 3.8) is 0 Å². The molecular weight excluding hydrogens is 605 g/mol. The first-order valence-corrected chi connectivity index (χ1v) is 14.3. The molecule has 0 aliphatic carbocycles. The second-order valence-corrected chi connectivity index (χ2v) is 11.1. The van der Waals surface area contributed by atoms with E-state index in [1.165, 1.54) is 41.5 Å². The van der Waals surface area contributed by atoms with Gasteiger partial charge in [-0.1, -0.05) is 29.8 Å². The van der Waals surface area contributed by atoms with Crippen molar-refractivity contribution in [3.8, 4) is 11.4 Å². The molecule has 0 radical (unpaired) electrons. The second-order valence-electron chi connectivity index (χ2n) is 10.6. The van der Waals surface area contributed by atoms with Gasteiger partial charge in [-0.05, 0) is 68.2 Å². The number of benzene rings is 3. The van der Waals surface area contributed by atoms with Gasteiger partial charge in [-0.15, -0.1) is 0 Å². The van der Waals surface area contributed by atoms with Crippen LogP contribution < -0.4 is 15.4 Å². The van der Waals surface area contributed by atoms with Gasteiger partial charge in [0.15, 0.2) is 0 Å². The lowest BCUT2D eigenvalue weighted by atomic mass is 10.2. The van der Waals surface area contributed by atoms with E-state index in [1.54, 1.807) is 54.6 Å². The number of carbonyl (C=O) groups excluding carboxylic acids is 1. The van der Waals surface area contributed by atoms with Crippen LogP contribution in [-0.4, -0.2) is 46.0 Å². The van der Waals surface area contributed by atoms with Crippen molar-refractivity contribution in [2.75, 3.05) is 31.3 Å². The number of nitrogens with one attached hydrogen (secondary N) is 2. The maximum atomic E-state index is 14.6. The van der Waals surface area contributed by atoms with Crippen LogP contribution in [-0.2, 0) is 17.3 Å². The molecule has 0 atom stereocenters. The van der Waals surface area contributed by atoms with Crippen LogP contribution in [0.4, 0.5) is 30.4 Å². The zero-order valence-electron chi connectivity index (χ0n) is 24.7. The summed E-state index contributed by atoms with van der Waals surface area (Å²) in [5, 5.41) is 6.76. The van der Waals surface area contributed by atoms with Gasteiger partial charge >= 0.3 is 0 Å². The number of carbonyl (C=O) groups is 1. The minimum Gasteiger partial charge on any atom is -0.487 e. The van der Waals surface area contributed by atoms with Crippen LogP contribution in [0.15, 0.2) is 91.5 Å². The Labute approximate surface area is 263 Å². The second kappa shape index (κ2) is 13.4. The van der Waals surface area contributed by atoms with Gasteiger partial charge in [0, 0.05) is 48.7 Å². The largest absolute Gasteiger partial charge is 0.487 e. The molecule has 0 saturated heterocycles. The lowest BCUT2D eigenvalue weighted by molar-refractivity contribution is -0.111. The summed E-state index contributed by atoms with van der Waals surface area (Å²) >= 11 is 6.48. The number of alkyl halides is 2. The van der Waals surface area contributed by atoms with Crippen LogP contribution in [0, 0.1) is 5.82 Å². The van der Waals surface area contributed by atoms with E-state index in [0.717, 1.165) is 6.92 Å². The number of ether oxygens (including phenoxy) is 1. The Morgan fingerprint density at radius 1 is 1.09 bits per heavy atom. The van der Waals surface area contributed by atoms with Gasteiger partial charge < -0.3 is 24.8 Å². The van der Waals surface area contributed by atoms with Gasteiger partial charge in [-0.25, -0.2) is 23.1 Å². The van der Waals surface area contributed by atoms with Gasteiger partial charge in [0.25, 0.3) is 5.92 Å². The van der Waals surface area contributed by atoms with Crippen molar-refractivity contribution < 1.29 is 22.7 Å². The zero-order chi connectivity index (χ0) is 32.1. The van der Waals surface area contributed by atoms with E-state index >= 15 is 0 Å². The summed E-state index contributed by atoms with van der Waals surface area (Å²) in [6.07, 6.45) is 7.11. The average Bonchev–Trinajstić information content (AvgIpc) is 3.41. The van der Waals surface area contributed by atoms with Crippen LogP contribution in [0.2, 0.25) is 5.02 Å². The van der Waals surface area contributed by atoms with E-state index < -0.39 is 11.8 Å². The van der Waals surface area contributed by atoms with Crippen LogP contribution in [0.3, 0.4) is 0 Å². The molecule has 0 saturated carbocycles. The molecule has 8 nitrogen and oxygen atoms in total. The van der Waals surface area contributed by atoms with E-state index in [4.69, 9.17) is 16.3 Å². The van der Waals surface area contributed by atoms with E-state index in [2.05, 4.69) is 20.6 Å².